The van der Waals surface area contributed by atoms with Crippen molar-refractivity contribution in [3.8, 4) is 0 Å². The number of rotatable bonds is 4. The summed E-state index contributed by atoms with van der Waals surface area (Å²) in [6.45, 7) is 0.733. The average molecular weight is 300 g/mol. The van der Waals surface area contributed by atoms with Crippen LogP contribution in [-0.2, 0) is 6.54 Å². The van der Waals surface area contributed by atoms with E-state index in [1.165, 1.54) is 4.88 Å². The van der Waals surface area contributed by atoms with Gasteiger partial charge in [0, 0.05) is 11.1 Å². The lowest BCUT2D eigenvalue weighted by atomic mass is 10.4. The van der Waals surface area contributed by atoms with E-state index in [1.54, 1.807) is 17.5 Å². The summed E-state index contributed by atoms with van der Waals surface area (Å²) in [7, 11) is 0. The topological polar surface area (TPSA) is 75.9 Å². The Balaban J connectivity index is 2.08. The van der Waals surface area contributed by atoms with Gasteiger partial charge in [-0.25, -0.2) is 10.8 Å². The van der Waals surface area contributed by atoms with Crippen molar-refractivity contribution in [1.29, 1.82) is 0 Å². The van der Waals surface area contributed by atoms with E-state index in [-0.39, 0.29) is 0 Å². The van der Waals surface area contributed by atoms with Crippen LogP contribution in [0.3, 0.4) is 0 Å². The van der Waals surface area contributed by atoms with Crippen molar-refractivity contribution in [2.75, 3.05) is 10.7 Å². The maximum atomic E-state index is 5.24. The summed E-state index contributed by atoms with van der Waals surface area (Å²) in [5.41, 5.74) is 2.41. The number of hydrogen-bond donors (Lipinski definition) is 3. The fraction of sp³-hybridized carbons (Fsp3) is 0.111. The molecule has 0 amide bonds. The van der Waals surface area contributed by atoms with Crippen molar-refractivity contribution in [2.24, 2.45) is 5.84 Å². The van der Waals surface area contributed by atoms with E-state index in [0.717, 1.165) is 16.8 Å². The molecule has 16 heavy (non-hydrogen) atoms. The van der Waals surface area contributed by atoms with Crippen molar-refractivity contribution < 1.29 is 0 Å². The molecule has 0 unspecified atom stereocenters. The lowest BCUT2D eigenvalue weighted by Gasteiger charge is -2.07. The summed E-state index contributed by atoms with van der Waals surface area (Å²) in [5, 5.41) is 5.25. The summed E-state index contributed by atoms with van der Waals surface area (Å²) in [5.74, 6) is 6.35. The smallest absolute Gasteiger partial charge is 0.239 e. The zero-order valence-corrected chi connectivity index (χ0v) is 10.7. The van der Waals surface area contributed by atoms with E-state index >= 15 is 0 Å². The number of hydrogen-bond acceptors (Lipinski definition) is 6. The molecule has 0 saturated carbocycles. The molecule has 0 saturated heterocycles. The Morgan fingerprint density at radius 2 is 2.38 bits per heavy atom. The van der Waals surface area contributed by atoms with E-state index < -0.39 is 0 Å². The Morgan fingerprint density at radius 1 is 1.50 bits per heavy atom. The van der Waals surface area contributed by atoms with Gasteiger partial charge in [0.1, 0.15) is 5.82 Å². The van der Waals surface area contributed by atoms with Gasteiger partial charge in [0.05, 0.1) is 11.0 Å². The number of nitrogens with two attached hydrogens (primary N) is 1. The van der Waals surface area contributed by atoms with Gasteiger partial charge in [0.15, 0.2) is 0 Å². The largest absolute Gasteiger partial charge is 0.364 e. The van der Waals surface area contributed by atoms with E-state index in [0.29, 0.717) is 5.95 Å². The number of halogens is 1. The molecule has 84 valence electrons. The molecule has 0 fully saturated rings. The second kappa shape index (κ2) is 5.24. The molecule has 0 aromatic carbocycles. The Labute approximate surface area is 105 Å². The fourth-order valence-corrected chi connectivity index (χ4v) is 2.12. The molecule has 0 spiro atoms. The molecule has 0 aliphatic heterocycles. The highest BCUT2D eigenvalue weighted by atomic mass is 79.9. The molecular weight excluding hydrogens is 290 g/mol. The number of nitrogen functional groups attached to an aromatic ring is 1. The van der Waals surface area contributed by atoms with Crippen molar-refractivity contribution in [3.05, 3.63) is 33.1 Å². The van der Waals surface area contributed by atoms with Crippen molar-refractivity contribution in [1.82, 2.24) is 9.97 Å². The first-order valence-electron chi connectivity index (χ1n) is 4.55. The molecule has 4 N–H and O–H groups in total. The number of nitrogens with one attached hydrogen (secondary N) is 2. The summed E-state index contributed by atoms with van der Waals surface area (Å²) in [6, 6.07) is 4.08. The zero-order valence-electron chi connectivity index (χ0n) is 8.27. The highest BCUT2D eigenvalue weighted by molar-refractivity contribution is 9.10. The van der Waals surface area contributed by atoms with Gasteiger partial charge in [-0.3, -0.25) is 5.43 Å². The molecular formula is C9H10BrN5S. The van der Waals surface area contributed by atoms with Gasteiger partial charge in [-0.1, -0.05) is 6.07 Å². The van der Waals surface area contributed by atoms with Gasteiger partial charge >= 0.3 is 0 Å². The number of hydrazine groups is 1. The number of anilines is 2. The van der Waals surface area contributed by atoms with Crippen LogP contribution in [0.1, 0.15) is 4.88 Å². The third-order valence-electron chi connectivity index (χ3n) is 1.88. The summed E-state index contributed by atoms with van der Waals surface area (Å²) in [6.07, 6.45) is 1.65. The second-order valence-electron chi connectivity index (χ2n) is 2.97. The minimum atomic E-state index is 0.386. The highest BCUT2D eigenvalue weighted by Crippen LogP contribution is 2.21. The molecule has 0 aliphatic rings. The lowest BCUT2D eigenvalue weighted by Crippen LogP contribution is -2.12. The molecule has 0 aliphatic carbocycles. The number of aromatic nitrogens is 2. The molecule has 0 radical (unpaired) electrons. The maximum Gasteiger partial charge on any atom is 0.239 e. The number of thiophene rings is 1. The first-order chi connectivity index (χ1) is 7.79. The molecule has 2 aromatic heterocycles. The van der Waals surface area contributed by atoms with Crippen LogP contribution in [0.5, 0.6) is 0 Å². The fourth-order valence-electron chi connectivity index (χ4n) is 1.14. The van der Waals surface area contributed by atoms with Crippen LogP contribution in [0.15, 0.2) is 28.2 Å². The van der Waals surface area contributed by atoms with E-state index in [9.17, 15) is 0 Å². The van der Waals surface area contributed by atoms with Gasteiger partial charge < -0.3 is 5.32 Å². The van der Waals surface area contributed by atoms with Crippen LogP contribution >= 0.6 is 27.3 Å². The summed E-state index contributed by atoms with van der Waals surface area (Å²) in [4.78, 5) is 9.40. The van der Waals surface area contributed by atoms with Crippen molar-refractivity contribution in [3.63, 3.8) is 0 Å². The van der Waals surface area contributed by atoms with Gasteiger partial charge in [0.25, 0.3) is 0 Å². The Morgan fingerprint density at radius 3 is 3.06 bits per heavy atom. The SMILES string of the molecule is NNc1ncc(Br)c(NCc2cccs2)n1. The van der Waals surface area contributed by atoms with Crippen LogP contribution in [0, 0.1) is 0 Å². The van der Waals surface area contributed by atoms with Crippen molar-refractivity contribution >= 4 is 39.0 Å². The Bertz CT molecular complexity index is 459. The van der Waals surface area contributed by atoms with Crippen LogP contribution in [0.25, 0.3) is 0 Å². The first kappa shape index (κ1) is 11.3. The third-order valence-corrected chi connectivity index (χ3v) is 3.34. The van der Waals surface area contributed by atoms with Gasteiger partial charge in [-0.2, -0.15) is 4.98 Å². The average Bonchev–Trinajstić information content (AvgIpc) is 2.81. The van der Waals surface area contributed by atoms with Gasteiger partial charge in [-0.15, -0.1) is 11.3 Å². The molecule has 0 atom stereocenters. The zero-order chi connectivity index (χ0) is 11.4. The predicted octanol–water partition coefficient (Wildman–Crippen LogP) is 2.20. The molecule has 2 heterocycles. The second-order valence-corrected chi connectivity index (χ2v) is 4.85. The maximum absolute atomic E-state index is 5.24. The Hall–Kier alpha value is -1.18. The third kappa shape index (κ3) is 2.69. The van der Waals surface area contributed by atoms with Crippen LogP contribution in [0.2, 0.25) is 0 Å². The standard InChI is InChI=1S/C9H10BrN5S/c10-7-5-13-9(15-11)14-8(7)12-4-6-2-1-3-16-6/h1-3,5H,4,11H2,(H2,12,13,14,15). The highest BCUT2D eigenvalue weighted by Gasteiger charge is 2.04. The van der Waals surface area contributed by atoms with Crippen LogP contribution in [-0.4, -0.2) is 9.97 Å². The predicted molar refractivity (Wildman–Crippen MR) is 69.2 cm³/mol. The van der Waals surface area contributed by atoms with E-state index in [4.69, 9.17) is 5.84 Å². The summed E-state index contributed by atoms with van der Waals surface area (Å²) < 4.78 is 0.808. The van der Waals surface area contributed by atoms with Crippen LogP contribution in [0.4, 0.5) is 11.8 Å². The van der Waals surface area contributed by atoms with Gasteiger partial charge in [-0.05, 0) is 27.4 Å². The first-order valence-corrected chi connectivity index (χ1v) is 6.22. The quantitative estimate of drug-likeness (QED) is 0.596. The minimum absolute atomic E-state index is 0.386. The Kier molecular flexibility index (Phi) is 3.70. The van der Waals surface area contributed by atoms with Gasteiger partial charge in [0.2, 0.25) is 5.95 Å². The minimum Gasteiger partial charge on any atom is -0.364 e. The molecule has 2 aromatic rings. The van der Waals surface area contributed by atoms with Crippen LogP contribution < -0.4 is 16.6 Å². The van der Waals surface area contributed by atoms with Crippen molar-refractivity contribution in [2.45, 2.75) is 6.54 Å². The molecule has 0 bridgehead atoms. The molecule has 7 heteroatoms. The van der Waals surface area contributed by atoms with E-state index in [1.807, 2.05) is 11.4 Å². The lowest BCUT2D eigenvalue weighted by molar-refractivity contribution is 1.07. The number of nitrogens with zero attached hydrogens (tertiary/aromatic N) is 2. The summed E-state index contributed by atoms with van der Waals surface area (Å²) >= 11 is 5.07. The molecule has 2 rings (SSSR count). The monoisotopic (exact) mass is 299 g/mol. The molecule has 5 nitrogen and oxygen atoms in total. The van der Waals surface area contributed by atoms with E-state index in [2.05, 4.69) is 42.7 Å². The normalized spacial score (nSPS) is 10.1.